The standard InChI is InChI=1S/C20H25N5O2S/c1-3-24-19(18-5-4-14-27-18)21-25(20(24)28)15-22-10-12-23(13-11-22)16-6-8-17(26-2)9-7-16/h4-9,14H,3,10-13,15H2,1-2H3. The molecule has 0 unspecified atom stereocenters. The largest absolute Gasteiger partial charge is 0.497 e. The van der Waals surface area contributed by atoms with Crippen molar-refractivity contribution in [3.8, 4) is 17.3 Å². The number of anilines is 1. The Labute approximate surface area is 169 Å². The molecule has 3 heterocycles. The van der Waals surface area contributed by atoms with E-state index in [9.17, 15) is 0 Å². The van der Waals surface area contributed by atoms with Gasteiger partial charge in [-0.2, -0.15) is 0 Å². The SMILES string of the molecule is CCn1c(-c2ccco2)nn(CN2CCN(c3ccc(OC)cc3)CC2)c1=S. The van der Waals surface area contributed by atoms with Gasteiger partial charge in [-0.05, 0) is 55.5 Å². The Morgan fingerprint density at radius 1 is 1.11 bits per heavy atom. The van der Waals surface area contributed by atoms with Crippen LogP contribution in [0.5, 0.6) is 5.75 Å². The van der Waals surface area contributed by atoms with Gasteiger partial charge in [-0.25, -0.2) is 4.68 Å². The fourth-order valence-corrected chi connectivity index (χ4v) is 3.85. The molecule has 1 aliphatic rings. The summed E-state index contributed by atoms with van der Waals surface area (Å²) in [6.45, 7) is 7.39. The Balaban J connectivity index is 1.43. The fraction of sp³-hybridized carbons (Fsp3) is 0.400. The van der Waals surface area contributed by atoms with Crippen LogP contribution in [0.4, 0.5) is 5.69 Å². The Morgan fingerprint density at radius 3 is 2.46 bits per heavy atom. The second-order valence-electron chi connectivity index (χ2n) is 6.77. The molecular weight excluding hydrogens is 374 g/mol. The van der Waals surface area contributed by atoms with E-state index >= 15 is 0 Å². The van der Waals surface area contributed by atoms with E-state index in [1.54, 1.807) is 13.4 Å². The van der Waals surface area contributed by atoms with Gasteiger partial charge in [-0.3, -0.25) is 9.47 Å². The maximum Gasteiger partial charge on any atom is 0.199 e. The van der Waals surface area contributed by atoms with E-state index < -0.39 is 0 Å². The van der Waals surface area contributed by atoms with Crippen molar-refractivity contribution in [1.82, 2.24) is 19.2 Å². The second kappa shape index (κ2) is 8.20. The van der Waals surface area contributed by atoms with Crippen LogP contribution in [-0.2, 0) is 13.2 Å². The number of hydrogen-bond acceptors (Lipinski definition) is 6. The van der Waals surface area contributed by atoms with Crippen LogP contribution in [0.3, 0.4) is 0 Å². The average Bonchev–Trinajstić information content (AvgIpc) is 3.37. The summed E-state index contributed by atoms with van der Waals surface area (Å²) in [5.74, 6) is 2.42. The Morgan fingerprint density at radius 2 is 1.86 bits per heavy atom. The maximum atomic E-state index is 5.65. The number of piperazine rings is 1. The molecule has 1 fully saturated rings. The minimum absolute atomic E-state index is 0.690. The molecule has 1 aromatic carbocycles. The molecule has 0 amide bonds. The zero-order valence-corrected chi connectivity index (χ0v) is 17.1. The van der Waals surface area contributed by atoms with Gasteiger partial charge < -0.3 is 14.1 Å². The first-order valence-electron chi connectivity index (χ1n) is 9.52. The first-order chi connectivity index (χ1) is 13.7. The predicted octanol–water partition coefficient (Wildman–Crippen LogP) is 3.48. The molecule has 0 bridgehead atoms. The highest BCUT2D eigenvalue weighted by atomic mass is 32.1. The molecule has 28 heavy (non-hydrogen) atoms. The van der Waals surface area contributed by atoms with Crippen LogP contribution in [-0.4, -0.2) is 52.5 Å². The lowest BCUT2D eigenvalue weighted by atomic mass is 10.2. The lowest BCUT2D eigenvalue weighted by Gasteiger charge is -2.35. The molecule has 1 aliphatic heterocycles. The zero-order chi connectivity index (χ0) is 19.5. The summed E-state index contributed by atoms with van der Waals surface area (Å²) >= 11 is 5.65. The van der Waals surface area contributed by atoms with E-state index in [1.165, 1.54) is 5.69 Å². The van der Waals surface area contributed by atoms with Gasteiger partial charge >= 0.3 is 0 Å². The van der Waals surface area contributed by atoms with E-state index in [-0.39, 0.29) is 0 Å². The molecule has 148 valence electrons. The number of furan rings is 1. The third kappa shape index (κ3) is 3.70. The molecule has 7 nitrogen and oxygen atoms in total. The van der Waals surface area contributed by atoms with Gasteiger partial charge in [0, 0.05) is 38.4 Å². The van der Waals surface area contributed by atoms with Gasteiger partial charge in [-0.15, -0.1) is 5.10 Å². The van der Waals surface area contributed by atoms with Gasteiger partial charge in [-0.1, -0.05) is 0 Å². The lowest BCUT2D eigenvalue weighted by Crippen LogP contribution is -2.47. The summed E-state index contributed by atoms with van der Waals surface area (Å²) in [5, 5.41) is 4.73. The molecule has 0 spiro atoms. The number of rotatable bonds is 6. The van der Waals surface area contributed by atoms with Crippen LogP contribution in [0.25, 0.3) is 11.6 Å². The van der Waals surface area contributed by atoms with E-state index in [2.05, 4.69) is 28.9 Å². The maximum absolute atomic E-state index is 5.65. The molecule has 3 aromatic rings. The number of methoxy groups -OCH3 is 1. The van der Waals surface area contributed by atoms with Crippen molar-refractivity contribution in [1.29, 1.82) is 0 Å². The summed E-state index contributed by atoms with van der Waals surface area (Å²) in [5.41, 5.74) is 1.23. The number of aromatic nitrogens is 3. The third-order valence-electron chi connectivity index (χ3n) is 5.12. The Hall–Kier alpha value is -2.58. The van der Waals surface area contributed by atoms with E-state index in [1.807, 2.05) is 33.5 Å². The van der Waals surface area contributed by atoms with Crippen molar-refractivity contribution >= 4 is 17.9 Å². The minimum atomic E-state index is 0.690. The van der Waals surface area contributed by atoms with Gasteiger partial charge in [0.2, 0.25) is 0 Å². The number of hydrogen-bond donors (Lipinski definition) is 0. The van der Waals surface area contributed by atoms with Gasteiger partial charge in [0.1, 0.15) is 5.75 Å². The molecule has 0 radical (unpaired) electrons. The van der Waals surface area contributed by atoms with Crippen LogP contribution in [0.2, 0.25) is 0 Å². The number of benzene rings is 1. The van der Waals surface area contributed by atoms with Crippen LogP contribution >= 0.6 is 12.2 Å². The molecule has 1 saturated heterocycles. The van der Waals surface area contributed by atoms with Crippen LogP contribution < -0.4 is 9.64 Å². The second-order valence-corrected chi connectivity index (χ2v) is 7.14. The molecular formula is C20H25N5O2S. The van der Waals surface area contributed by atoms with Gasteiger partial charge in [0.25, 0.3) is 0 Å². The molecule has 0 N–H and O–H groups in total. The zero-order valence-electron chi connectivity index (χ0n) is 16.2. The summed E-state index contributed by atoms with van der Waals surface area (Å²) in [4.78, 5) is 4.78. The first-order valence-corrected chi connectivity index (χ1v) is 9.93. The van der Waals surface area contributed by atoms with E-state index in [0.29, 0.717) is 6.67 Å². The fourth-order valence-electron chi connectivity index (χ4n) is 3.54. The highest BCUT2D eigenvalue weighted by molar-refractivity contribution is 7.71. The highest BCUT2D eigenvalue weighted by Gasteiger charge is 2.20. The van der Waals surface area contributed by atoms with E-state index in [4.69, 9.17) is 26.5 Å². The Kier molecular flexibility index (Phi) is 5.50. The smallest absolute Gasteiger partial charge is 0.199 e. The summed E-state index contributed by atoms with van der Waals surface area (Å²) < 4.78 is 15.4. The summed E-state index contributed by atoms with van der Waals surface area (Å²) in [6, 6.07) is 12.0. The van der Waals surface area contributed by atoms with Crippen molar-refractivity contribution in [2.75, 3.05) is 38.2 Å². The number of ether oxygens (including phenoxy) is 1. The molecule has 8 heteroatoms. The van der Waals surface area contributed by atoms with Crippen molar-refractivity contribution < 1.29 is 9.15 Å². The minimum Gasteiger partial charge on any atom is -0.497 e. The van der Waals surface area contributed by atoms with Crippen LogP contribution in [0.15, 0.2) is 47.1 Å². The molecule has 2 aromatic heterocycles. The van der Waals surface area contributed by atoms with Crippen molar-refractivity contribution in [3.63, 3.8) is 0 Å². The third-order valence-corrected chi connectivity index (χ3v) is 5.56. The average molecular weight is 400 g/mol. The quantitative estimate of drug-likeness (QED) is 0.592. The molecule has 0 atom stereocenters. The van der Waals surface area contributed by atoms with Crippen molar-refractivity contribution in [2.24, 2.45) is 0 Å². The Bertz CT molecular complexity index is 954. The predicted molar refractivity (Wildman–Crippen MR) is 111 cm³/mol. The number of nitrogens with zero attached hydrogens (tertiary/aromatic N) is 5. The van der Waals surface area contributed by atoms with Crippen molar-refractivity contribution in [2.45, 2.75) is 20.1 Å². The monoisotopic (exact) mass is 399 g/mol. The molecule has 0 aliphatic carbocycles. The normalized spacial score (nSPS) is 15.1. The van der Waals surface area contributed by atoms with Crippen molar-refractivity contribution in [3.05, 3.63) is 47.4 Å². The molecule has 0 saturated carbocycles. The first kappa shape index (κ1) is 18.8. The van der Waals surface area contributed by atoms with Gasteiger partial charge in [0.05, 0.1) is 20.0 Å². The molecule has 4 rings (SSSR count). The summed E-state index contributed by atoms with van der Waals surface area (Å²) in [6.07, 6.45) is 1.66. The van der Waals surface area contributed by atoms with Gasteiger partial charge in [0.15, 0.2) is 16.4 Å². The van der Waals surface area contributed by atoms with E-state index in [0.717, 1.165) is 54.8 Å². The van der Waals surface area contributed by atoms with Crippen LogP contribution in [0, 0.1) is 4.77 Å². The topological polar surface area (TPSA) is 51.6 Å². The highest BCUT2D eigenvalue weighted by Crippen LogP contribution is 2.22. The van der Waals surface area contributed by atoms with Crippen LogP contribution in [0.1, 0.15) is 6.92 Å². The lowest BCUT2D eigenvalue weighted by molar-refractivity contribution is 0.194. The summed E-state index contributed by atoms with van der Waals surface area (Å²) in [7, 11) is 1.69.